The SMILES string of the molecule is Cc1cc(C(=O)N2CC(C)Cc3ccccc32)cc(Cl)n1. The zero-order valence-corrected chi connectivity index (χ0v) is 12.9. The molecule has 0 spiro atoms. The highest BCUT2D eigenvalue weighted by atomic mass is 35.5. The van der Waals surface area contributed by atoms with Crippen molar-refractivity contribution in [3.8, 4) is 0 Å². The van der Waals surface area contributed by atoms with Gasteiger partial charge in [-0.1, -0.05) is 36.7 Å². The maximum Gasteiger partial charge on any atom is 0.258 e. The molecule has 1 atom stereocenters. The average molecular weight is 301 g/mol. The Morgan fingerprint density at radius 3 is 2.86 bits per heavy atom. The molecule has 21 heavy (non-hydrogen) atoms. The number of para-hydroxylation sites is 1. The van der Waals surface area contributed by atoms with E-state index >= 15 is 0 Å². The highest BCUT2D eigenvalue weighted by Crippen LogP contribution is 2.30. The van der Waals surface area contributed by atoms with Crippen molar-refractivity contribution in [3.05, 3.63) is 58.4 Å². The summed E-state index contributed by atoms with van der Waals surface area (Å²) in [5, 5.41) is 0.358. The zero-order chi connectivity index (χ0) is 15.0. The number of hydrogen-bond donors (Lipinski definition) is 0. The van der Waals surface area contributed by atoms with Gasteiger partial charge in [0.1, 0.15) is 5.15 Å². The van der Waals surface area contributed by atoms with Crippen molar-refractivity contribution in [2.24, 2.45) is 5.92 Å². The number of pyridine rings is 1. The van der Waals surface area contributed by atoms with Gasteiger partial charge in [-0.3, -0.25) is 4.79 Å². The molecule has 1 aromatic heterocycles. The largest absolute Gasteiger partial charge is 0.308 e. The Hall–Kier alpha value is -1.87. The molecule has 2 aromatic rings. The quantitative estimate of drug-likeness (QED) is 0.749. The van der Waals surface area contributed by atoms with Crippen molar-refractivity contribution >= 4 is 23.2 Å². The summed E-state index contributed by atoms with van der Waals surface area (Å²) in [6.07, 6.45) is 1.01. The number of aromatic nitrogens is 1. The van der Waals surface area contributed by atoms with Gasteiger partial charge in [0.2, 0.25) is 0 Å². The molecule has 3 nitrogen and oxygen atoms in total. The normalized spacial score (nSPS) is 17.5. The molecule has 0 radical (unpaired) electrons. The zero-order valence-electron chi connectivity index (χ0n) is 12.1. The van der Waals surface area contributed by atoms with Gasteiger partial charge in [0.05, 0.1) is 0 Å². The first-order valence-corrected chi connectivity index (χ1v) is 7.46. The van der Waals surface area contributed by atoms with E-state index in [-0.39, 0.29) is 5.91 Å². The minimum Gasteiger partial charge on any atom is -0.308 e. The number of hydrogen-bond acceptors (Lipinski definition) is 2. The van der Waals surface area contributed by atoms with Gasteiger partial charge < -0.3 is 4.90 Å². The second-order valence-corrected chi connectivity index (χ2v) is 6.06. The number of carbonyl (C=O) groups excluding carboxylic acids is 1. The molecule has 0 saturated carbocycles. The predicted molar refractivity (Wildman–Crippen MR) is 85.0 cm³/mol. The number of benzene rings is 1. The van der Waals surface area contributed by atoms with E-state index in [2.05, 4.69) is 18.0 Å². The number of aryl methyl sites for hydroxylation is 1. The maximum absolute atomic E-state index is 12.9. The van der Waals surface area contributed by atoms with Crippen LogP contribution in [0.4, 0.5) is 5.69 Å². The Kier molecular flexibility index (Phi) is 3.68. The molecule has 1 amide bonds. The molecule has 1 unspecified atom stereocenters. The molecule has 1 aromatic carbocycles. The minimum atomic E-state index is -0.0126. The van der Waals surface area contributed by atoms with Crippen LogP contribution in [-0.2, 0) is 6.42 Å². The topological polar surface area (TPSA) is 33.2 Å². The highest BCUT2D eigenvalue weighted by molar-refractivity contribution is 6.29. The van der Waals surface area contributed by atoms with Gasteiger partial charge in [0.25, 0.3) is 5.91 Å². The first-order valence-electron chi connectivity index (χ1n) is 7.08. The third kappa shape index (κ3) is 2.79. The first-order chi connectivity index (χ1) is 10.0. The van der Waals surface area contributed by atoms with Crippen LogP contribution >= 0.6 is 11.6 Å². The van der Waals surface area contributed by atoms with E-state index in [1.807, 2.05) is 30.0 Å². The molecular formula is C17H17ClN2O. The molecule has 4 heteroatoms. The third-order valence-electron chi connectivity index (χ3n) is 3.76. The molecule has 1 aliphatic rings. The lowest BCUT2D eigenvalue weighted by Gasteiger charge is -2.33. The van der Waals surface area contributed by atoms with Crippen LogP contribution in [0.3, 0.4) is 0 Å². The molecular weight excluding hydrogens is 284 g/mol. The summed E-state index contributed by atoms with van der Waals surface area (Å²) in [5.41, 5.74) is 3.58. The van der Waals surface area contributed by atoms with Crippen molar-refractivity contribution in [2.45, 2.75) is 20.3 Å². The van der Waals surface area contributed by atoms with Crippen molar-refractivity contribution in [1.29, 1.82) is 0 Å². The van der Waals surface area contributed by atoms with Gasteiger partial charge in [0, 0.05) is 23.5 Å². The van der Waals surface area contributed by atoms with E-state index in [0.717, 1.165) is 24.3 Å². The molecule has 0 aliphatic carbocycles. The number of fused-ring (bicyclic) bond motifs is 1. The first kappa shape index (κ1) is 14.1. The summed E-state index contributed by atoms with van der Waals surface area (Å²) in [6, 6.07) is 11.5. The van der Waals surface area contributed by atoms with Crippen molar-refractivity contribution in [3.63, 3.8) is 0 Å². The maximum atomic E-state index is 12.9. The van der Waals surface area contributed by atoms with Crippen molar-refractivity contribution in [1.82, 2.24) is 4.98 Å². The van der Waals surface area contributed by atoms with Crippen LogP contribution in [0.1, 0.15) is 28.5 Å². The summed E-state index contributed by atoms with van der Waals surface area (Å²) in [4.78, 5) is 18.8. The van der Waals surface area contributed by atoms with Gasteiger partial charge in [-0.05, 0) is 43.0 Å². The van der Waals surface area contributed by atoms with E-state index in [1.165, 1.54) is 5.56 Å². The Labute approximate surface area is 129 Å². The molecule has 0 bridgehead atoms. The van der Waals surface area contributed by atoms with Crippen LogP contribution in [0.15, 0.2) is 36.4 Å². The van der Waals surface area contributed by atoms with Gasteiger partial charge in [0.15, 0.2) is 0 Å². The number of halogens is 1. The smallest absolute Gasteiger partial charge is 0.258 e. The third-order valence-corrected chi connectivity index (χ3v) is 3.95. The number of carbonyl (C=O) groups is 1. The molecule has 0 saturated heterocycles. The molecule has 3 rings (SSSR count). The van der Waals surface area contributed by atoms with E-state index in [1.54, 1.807) is 12.1 Å². The summed E-state index contributed by atoms with van der Waals surface area (Å²) < 4.78 is 0. The van der Waals surface area contributed by atoms with Gasteiger partial charge in [-0.25, -0.2) is 4.98 Å². The lowest BCUT2D eigenvalue weighted by molar-refractivity contribution is 0.0981. The Morgan fingerprint density at radius 2 is 2.10 bits per heavy atom. The Balaban J connectivity index is 2.02. The van der Waals surface area contributed by atoms with E-state index in [0.29, 0.717) is 16.6 Å². The van der Waals surface area contributed by atoms with Crippen LogP contribution in [0.25, 0.3) is 0 Å². The second kappa shape index (κ2) is 5.49. The monoisotopic (exact) mass is 300 g/mol. The molecule has 2 heterocycles. The van der Waals surface area contributed by atoms with Crippen LogP contribution in [-0.4, -0.2) is 17.4 Å². The standard InChI is InChI=1S/C17H17ClN2O/c1-11-7-13-5-3-4-6-15(13)20(10-11)17(21)14-8-12(2)19-16(18)9-14/h3-6,8-9,11H,7,10H2,1-2H3. The van der Waals surface area contributed by atoms with Crippen LogP contribution in [0.5, 0.6) is 0 Å². The van der Waals surface area contributed by atoms with Crippen molar-refractivity contribution in [2.75, 3.05) is 11.4 Å². The fourth-order valence-electron chi connectivity index (χ4n) is 2.90. The summed E-state index contributed by atoms with van der Waals surface area (Å²) >= 11 is 5.98. The molecule has 108 valence electrons. The number of anilines is 1. The minimum absolute atomic E-state index is 0.0126. The summed E-state index contributed by atoms with van der Waals surface area (Å²) in [6.45, 7) is 4.74. The number of rotatable bonds is 1. The lowest BCUT2D eigenvalue weighted by atomic mass is 9.93. The predicted octanol–water partition coefficient (Wildman–Crippen LogP) is 3.88. The van der Waals surface area contributed by atoms with Gasteiger partial charge in [-0.15, -0.1) is 0 Å². The molecule has 0 N–H and O–H groups in total. The fourth-order valence-corrected chi connectivity index (χ4v) is 3.15. The average Bonchev–Trinajstić information content (AvgIpc) is 2.44. The molecule has 1 aliphatic heterocycles. The summed E-state index contributed by atoms with van der Waals surface area (Å²) in [7, 11) is 0. The van der Waals surface area contributed by atoms with Crippen LogP contribution in [0.2, 0.25) is 5.15 Å². The van der Waals surface area contributed by atoms with E-state index < -0.39 is 0 Å². The molecule has 0 fully saturated rings. The van der Waals surface area contributed by atoms with Gasteiger partial charge >= 0.3 is 0 Å². The van der Waals surface area contributed by atoms with Crippen LogP contribution in [0, 0.1) is 12.8 Å². The fraction of sp³-hybridized carbons (Fsp3) is 0.294. The Morgan fingerprint density at radius 1 is 1.33 bits per heavy atom. The number of nitrogens with zero attached hydrogens (tertiary/aromatic N) is 2. The Bertz CT molecular complexity index is 679. The highest BCUT2D eigenvalue weighted by Gasteiger charge is 2.27. The van der Waals surface area contributed by atoms with E-state index in [4.69, 9.17) is 11.6 Å². The van der Waals surface area contributed by atoms with Crippen molar-refractivity contribution < 1.29 is 4.79 Å². The second-order valence-electron chi connectivity index (χ2n) is 5.67. The number of amides is 1. The lowest BCUT2D eigenvalue weighted by Crippen LogP contribution is -2.39. The summed E-state index contributed by atoms with van der Waals surface area (Å²) in [5.74, 6) is 0.434. The van der Waals surface area contributed by atoms with E-state index in [9.17, 15) is 4.79 Å². The van der Waals surface area contributed by atoms with Gasteiger partial charge in [-0.2, -0.15) is 0 Å². The van der Waals surface area contributed by atoms with Crippen LogP contribution < -0.4 is 4.90 Å².